The number of primary amides is 1. The summed E-state index contributed by atoms with van der Waals surface area (Å²) in [6.45, 7) is -1.94. The Morgan fingerprint density at radius 3 is 2.20 bits per heavy atom. The van der Waals surface area contributed by atoms with E-state index in [0.29, 0.717) is 23.6 Å². The van der Waals surface area contributed by atoms with E-state index in [-0.39, 0.29) is 41.7 Å². The lowest BCUT2D eigenvalue weighted by Gasteiger charge is -2.19. The molecule has 1 saturated carbocycles. The monoisotopic (exact) mass is 769 g/mol. The van der Waals surface area contributed by atoms with Gasteiger partial charge in [0.1, 0.15) is 6.04 Å². The normalized spacial score (nSPS) is 13.5. The van der Waals surface area contributed by atoms with Gasteiger partial charge in [-0.25, -0.2) is 4.79 Å². The molecule has 4 amide bonds. The van der Waals surface area contributed by atoms with Crippen LogP contribution in [0.5, 0.6) is 6.01 Å². The first-order valence-corrected chi connectivity index (χ1v) is 16.4. The van der Waals surface area contributed by atoms with Gasteiger partial charge < -0.3 is 42.2 Å². The highest BCUT2D eigenvalue weighted by Crippen LogP contribution is 2.48. The van der Waals surface area contributed by atoms with Crippen LogP contribution in [-0.2, 0) is 19.9 Å². The predicted octanol–water partition coefficient (Wildman–Crippen LogP) is 3.74. The number of carboxylic acids is 1. The standard InChI is InChI=1S/C34H31ClF3N9O7/c35-21-8-6-20(7-9-21)33(13-14-33)47-31-44-30(45-32(46-31)54-17-34(36,37)38)42-22-10-4-18(5-11-22)26(49)43-24(29(52)53)12-15-40-27(50)28(51)41-23-3-1-2-19(16-23)25(39)48/h1-11,16,24H,12-15,17H2,(H2,39,48)(H,40,50)(H,41,51)(H,43,49)(H,52,53)(H2,42,44,45,46,47)/t24-/m0/s1. The van der Waals surface area contributed by atoms with Crippen molar-refractivity contribution in [1.29, 1.82) is 0 Å². The molecule has 282 valence electrons. The van der Waals surface area contributed by atoms with Crippen molar-refractivity contribution in [3.8, 4) is 6.01 Å². The zero-order valence-corrected chi connectivity index (χ0v) is 28.6. The largest absolute Gasteiger partial charge is 0.480 e. The van der Waals surface area contributed by atoms with Gasteiger partial charge in [0, 0.05) is 34.1 Å². The zero-order chi connectivity index (χ0) is 39.0. The number of benzene rings is 3. The lowest BCUT2D eigenvalue weighted by atomic mass is 10.1. The van der Waals surface area contributed by atoms with E-state index in [4.69, 9.17) is 22.1 Å². The Bertz CT molecular complexity index is 2050. The van der Waals surface area contributed by atoms with Crippen molar-refractivity contribution in [2.24, 2.45) is 5.73 Å². The molecule has 1 aliphatic carbocycles. The summed E-state index contributed by atoms with van der Waals surface area (Å²) >= 11 is 6.01. The van der Waals surface area contributed by atoms with Gasteiger partial charge in [0.25, 0.3) is 5.91 Å². The van der Waals surface area contributed by atoms with Gasteiger partial charge in [-0.2, -0.15) is 28.1 Å². The van der Waals surface area contributed by atoms with Gasteiger partial charge in [-0.15, -0.1) is 0 Å². The van der Waals surface area contributed by atoms with Gasteiger partial charge in [-0.1, -0.05) is 29.8 Å². The number of carbonyl (C=O) groups is 5. The van der Waals surface area contributed by atoms with E-state index >= 15 is 0 Å². The molecule has 1 heterocycles. The molecule has 5 rings (SSSR count). The van der Waals surface area contributed by atoms with Gasteiger partial charge in [-0.05, 0) is 79.4 Å². The maximum atomic E-state index is 12.9. The number of halogens is 4. The maximum Gasteiger partial charge on any atom is 0.422 e. The molecule has 1 aromatic heterocycles. The topological polar surface area (TPSA) is 240 Å². The van der Waals surface area contributed by atoms with E-state index in [9.17, 15) is 42.3 Å². The van der Waals surface area contributed by atoms with Crippen molar-refractivity contribution in [3.63, 3.8) is 0 Å². The summed E-state index contributed by atoms with van der Waals surface area (Å²) in [4.78, 5) is 72.8. The van der Waals surface area contributed by atoms with E-state index in [1.165, 1.54) is 48.5 Å². The summed E-state index contributed by atoms with van der Waals surface area (Å²) in [5.41, 5.74) is 6.09. The van der Waals surface area contributed by atoms with Crippen molar-refractivity contribution < 1.29 is 47.0 Å². The highest BCUT2D eigenvalue weighted by molar-refractivity contribution is 6.39. The van der Waals surface area contributed by atoms with Crippen LogP contribution in [0.15, 0.2) is 72.8 Å². The van der Waals surface area contributed by atoms with Crippen molar-refractivity contribution in [3.05, 3.63) is 94.5 Å². The number of nitrogens with two attached hydrogens (primary N) is 1. The molecule has 0 spiro atoms. The molecule has 1 fully saturated rings. The van der Waals surface area contributed by atoms with E-state index in [0.717, 1.165) is 5.56 Å². The number of hydrogen-bond donors (Lipinski definition) is 7. The number of hydrogen-bond acceptors (Lipinski definition) is 11. The molecule has 3 aromatic carbocycles. The van der Waals surface area contributed by atoms with Gasteiger partial charge >= 0.3 is 30.0 Å². The van der Waals surface area contributed by atoms with Crippen molar-refractivity contribution in [2.45, 2.75) is 37.0 Å². The minimum absolute atomic E-state index is 0.0410. The Morgan fingerprint density at radius 1 is 0.889 bits per heavy atom. The van der Waals surface area contributed by atoms with E-state index in [1.54, 1.807) is 12.1 Å². The van der Waals surface area contributed by atoms with Crippen LogP contribution < -0.4 is 37.1 Å². The van der Waals surface area contributed by atoms with E-state index in [2.05, 4.69) is 41.5 Å². The number of nitrogens with one attached hydrogen (secondary N) is 5. The lowest BCUT2D eigenvalue weighted by molar-refractivity contribution is -0.154. The summed E-state index contributed by atoms with van der Waals surface area (Å²) in [7, 11) is 0. The number of alkyl halides is 3. The Labute approximate surface area is 309 Å². The quantitative estimate of drug-likeness (QED) is 0.0856. The molecule has 0 bridgehead atoms. The smallest absolute Gasteiger partial charge is 0.422 e. The summed E-state index contributed by atoms with van der Waals surface area (Å²) in [5, 5.41) is 23.0. The van der Waals surface area contributed by atoms with Crippen LogP contribution in [0, 0.1) is 0 Å². The van der Waals surface area contributed by atoms with Crippen LogP contribution >= 0.6 is 11.6 Å². The molecular weight excluding hydrogens is 739 g/mol. The molecule has 1 atom stereocenters. The third-order valence-electron chi connectivity index (χ3n) is 7.81. The number of amides is 4. The number of aliphatic carboxylic acids is 1. The van der Waals surface area contributed by atoms with Gasteiger partial charge in [-0.3, -0.25) is 19.2 Å². The highest BCUT2D eigenvalue weighted by atomic mass is 35.5. The minimum atomic E-state index is -4.65. The Kier molecular flexibility index (Phi) is 11.8. The SMILES string of the molecule is NC(=O)c1cccc(NC(=O)C(=O)NCC[C@H](NC(=O)c2ccc(Nc3nc(NC4(c5ccc(Cl)cc5)CC4)nc(OCC(F)(F)F)n3)cc2)C(=O)O)c1. The van der Waals surface area contributed by atoms with Crippen LogP contribution in [0.2, 0.25) is 5.02 Å². The molecule has 0 unspecified atom stereocenters. The lowest BCUT2D eigenvalue weighted by Crippen LogP contribution is -2.44. The van der Waals surface area contributed by atoms with E-state index < -0.39 is 60.0 Å². The minimum Gasteiger partial charge on any atom is -0.480 e. The van der Waals surface area contributed by atoms with Gasteiger partial charge in [0.2, 0.25) is 17.8 Å². The van der Waals surface area contributed by atoms with Crippen LogP contribution in [-0.4, -0.2) is 75.0 Å². The van der Waals surface area contributed by atoms with Crippen molar-refractivity contribution in [1.82, 2.24) is 25.6 Å². The number of ether oxygens (including phenoxy) is 1. The predicted molar refractivity (Wildman–Crippen MR) is 187 cm³/mol. The molecule has 0 aliphatic heterocycles. The second-order valence-corrected chi connectivity index (χ2v) is 12.3. The van der Waals surface area contributed by atoms with E-state index in [1.807, 2.05) is 12.1 Å². The average Bonchev–Trinajstić information content (AvgIpc) is 3.90. The fraction of sp³-hybridized carbons (Fsp3) is 0.235. The first kappa shape index (κ1) is 38.7. The number of anilines is 4. The molecule has 16 nitrogen and oxygen atoms in total. The second kappa shape index (κ2) is 16.4. The molecule has 4 aromatic rings. The fourth-order valence-corrected chi connectivity index (χ4v) is 5.08. The Balaban J connectivity index is 1.18. The fourth-order valence-electron chi connectivity index (χ4n) is 4.95. The molecule has 20 heteroatoms. The number of aromatic nitrogens is 3. The second-order valence-electron chi connectivity index (χ2n) is 11.9. The molecule has 8 N–H and O–H groups in total. The van der Waals surface area contributed by atoms with Crippen molar-refractivity contribution in [2.75, 3.05) is 29.1 Å². The van der Waals surface area contributed by atoms with Crippen LogP contribution in [0.25, 0.3) is 0 Å². The average molecular weight is 770 g/mol. The van der Waals surface area contributed by atoms with Crippen molar-refractivity contribution >= 4 is 64.5 Å². The number of rotatable bonds is 15. The zero-order valence-electron chi connectivity index (χ0n) is 27.9. The third kappa shape index (κ3) is 10.8. The maximum absolute atomic E-state index is 12.9. The summed E-state index contributed by atoms with van der Waals surface area (Å²) in [5.74, 6) is -5.32. The van der Waals surface area contributed by atoms with Crippen LogP contribution in [0.4, 0.5) is 36.4 Å². The number of nitrogens with zero attached hydrogens (tertiary/aromatic N) is 3. The number of carboxylic acid groups (broad SMARTS) is 1. The molecule has 54 heavy (non-hydrogen) atoms. The first-order valence-electron chi connectivity index (χ1n) is 16.0. The molecule has 0 radical (unpaired) electrons. The van der Waals surface area contributed by atoms with Crippen LogP contribution in [0.3, 0.4) is 0 Å². The van der Waals surface area contributed by atoms with Crippen LogP contribution in [0.1, 0.15) is 45.5 Å². The third-order valence-corrected chi connectivity index (χ3v) is 8.07. The first-order chi connectivity index (χ1) is 25.6. The molecule has 1 aliphatic rings. The number of carbonyl (C=O) groups excluding carboxylic acids is 4. The summed E-state index contributed by atoms with van der Waals surface area (Å²) < 4.78 is 43.6. The molecular formula is C34H31ClF3N9O7. The highest BCUT2D eigenvalue weighted by Gasteiger charge is 2.45. The molecule has 0 saturated heterocycles. The summed E-state index contributed by atoms with van der Waals surface area (Å²) in [6, 6.07) is 16.1. The van der Waals surface area contributed by atoms with Gasteiger partial charge in [0.05, 0.1) is 5.54 Å². The van der Waals surface area contributed by atoms with Gasteiger partial charge in [0.15, 0.2) is 6.61 Å². The summed E-state index contributed by atoms with van der Waals surface area (Å²) in [6.07, 6.45) is -3.56. The Morgan fingerprint density at radius 2 is 1.57 bits per heavy atom. The Hall–Kier alpha value is -6.50.